The van der Waals surface area contributed by atoms with Crippen molar-refractivity contribution in [2.24, 2.45) is 0 Å². The van der Waals surface area contributed by atoms with Crippen LogP contribution in [0.4, 0.5) is 0 Å². The number of benzene rings is 1. The van der Waals surface area contributed by atoms with Crippen LogP contribution < -0.4 is 0 Å². The summed E-state index contributed by atoms with van der Waals surface area (Å²) < 4.78 is 0. The van der Waals surface area contributed by atoms with Crippen LogP contribution in [0.3, 0.4) is 0 Å². The minimum Gasteiger partial charge on any atom is -0.336 e. The summed E-state index contributed by atoms with van der Waals surface area (Å²) >= 11 is 0. The van der Waals surface area contributed by atoms with E-state index in [0.29, 0.717) is 11.6 Å². The van der Waals surface area contributed by atoms with Crippen molar-refractivity contribution in [1.82, 2.24) is 20.3 Å². The lowest BCUT2D eigenvalue weighted by atomic mass is 10.0. The van der Waals surface area contributed by atoms with E-state index < -0.39 is 0 Å². The first-order valence-corrected chi connectivity index (χ1v) is 6.37. The fourth-order valence-corrected chi connectivity index (χ4v) is 2.54. The average molecular weight is 244 g/mol. The molecule has 1 atom stereocenters. The molecule has 0 spiro atoms. The number of nitrogens with zero attached hydrogens (tertiary/aromatic N) is 3. The van der Waals surface area contributed by atoms with Gasteiger partial charge in [-0.3, -0.25) is 4.79 Å². The zero-order chi connectivity index (χ0) is 12.5. The van der Waals surface area contributed by atoms with Crippen LogP contribution in [0.2, 0.25) is 0 Å². The van der Waals surface area contributed by atoms with Crippen molar-refractivity contribution >= 4 is 16.9 Å². The van der Waals surface area contributed by atoms with Crippen molar-refractivity contribution in [2.45, 2.75) is 32.2 Å². The molecule has 1 aliphatic rings. The van der Waals surface area contributed by atoms with E-state index in [1.807, 2.05) is 23.1 Å². The van der Waals surface area contributed by atoms with Crippen molar-refractivity contribution in [3.8, 4) is 0 Å². The minimum atomic E-state index is 0.104. The van der Waals surface area contributed by atoms with Gasteiger partial charge in [-0.05, 0) is 44.4 Å². The number of carbonyl (C=O) groups is 1. The Morgan fingerprint density at radius 2 is 2.17 bits per heavy atom. The molecule has 1 aromatic heterocycles. The van der Waals surface area contributed by atoms with E-state index in [4.69, 9.17) is 0 Å². The molecule has 5 nitrogen and oxygen atoms in total. The molecule has 1 saturated heterocycles. The number of hydrogen-bond donors (Lipinski definition) is 1. The number of carbonyl (C=O) groups excluding carboxylic acids is 1. The van der Waals surface area contributed by atoms with Crippen LogP contribution in [0.1, 0.15) is 36.5 Å². The molecule has 3 rings (SSSR count). The van der Waals surface area contributed by atoms with Gasteiger partial charge in [-0.25, -0.2) is 0 Å². The summed E-state index contributed by atoms with van der Waals surface area (Å²) in [5, 5.41) is 10.6. The van der Waals surface area contributed by atoms with E-state index in [1.165, 1.54) is 6.42 Å². The monoisotopic (exact) mass is 244 g/mol. The first kappa shape index (κ1) is 11.2. The highest BCUT2D eigenvalue weighted by molar-refractivity contribution is 5.97. The normalized spacial score (nSPS) is 20.3. The molecule has 1 aliphatic heterocycles. The zero-order valence-electron chi connectivity index (χ0n) is 10.4. The average Bonchev–Trinajstić information content (AvgIpc) is 2.85. The van der Waals surface area contributed by atoms with Gasteiger partial charge in [-0.2, -0.15) is 15.4 Å². The van der Waals surface area contributed by atoms with Gasteiger partial charge in [0.05, 0.1) is 0 Å². The maximum absolute atomic E-state index is 12.4. The molecule has 0 unspecified atom stereocenters. The Bertz CT molecular complexity index is 577. The van der Waals surface area contributed by atoms with E-state index in [1.54, 1.807) is 0 Å². The zero-order valence-corrected chi connectivity index (χ0v) is 10.4. The number of fused-ring (bicyclic) bond motifs is 1. The largest absolute Gasteiger partial charge is 0.336 e. The van der Waals surface area contributed by atoms with Crippen molar-refractivity contribution in [1.29, 1.82) is 0 Å². The lowest BCUT2D eigenvalue weighted by molar-refractivity contribution is 0.0636. The Hall–Kier alpha value is -1.91. The first-order chi connectivity index (χ1) is 8.75. The number of likely N-dealkylation sites (tertiary alicyclic amines) is 1. The molecule has 0 bridgehead atoms. The summed E-state index contributed by atoms with van der Waals surface area (Å²) in [6, 6.07) is 5.80. The standard InChI is InChI=1S/C13H16N4O/c1-9-4-2-3-7-17(9)13(18)10-5-6-11-12(8-10)15-16-14-11/h5-6,8-9H,2-4,7H2,1H3,(H,14,15,16)/t9-/m1/s1. The fraction of sp³-hybridized carbons (Fsp3) is 0.462. The highest BCUT2D eigenvalue weighted by atomic mass is 16.2. The van der Waals surface area contributed by atoms with Gasteiger partial charge in [0.15, 0.2) is 0 Å². The van der Waals surface area contributed by atoms with Crippen LogP contribution in [-0.2, 0) is 0 Å². The Morgan fingerprint density at radius 3 is 3.00 bits per heavy atom. The number of H-pyrrole nitrogens is 1. The Morgan fingerprint density at radius 1 is 1.33 bits per heavy atom. The third kappa shape index (κ3) is 1.85. The lowest BCUT2D eigenvalue weighted by Gasteiger charge is -2.33. The molecule has 1 amide bonds. The third-order valence-electron chi connectivity index (χ3n) is 3.63. The van der Waals surface area contributed by atoms with Crippen molar-refractivity contribution in [3.05, 3.63) is 23.8 Å². The molecular weight excluding hydrogens is 228 g/mol. The number of piperidine rings is 1. The quantitative estimate of drug-likeness (QED) is 0.834. The Labute approximate surface area is 105 Å². The van der Waals surface area contributed by atoms with Crippen LogP contribution in [-0.4, -0.2) is 38.8 Å². The number of nitrogens with one attached hydrogen (secondary N) is 1. The number of amides is 1. The predicted octanol–water partition coefficient (Wildman–Crippen LogP) is 1.97. The summed E-state index contributed by atoms with van der Waals surface area (Å²) in [5.74, 6) is 0.104. The molecular formula is C13H16N4O. The molecule has 1 fully saturated rings. The van der Waals surface area contributed by atoms with E-state index in [0.717, 1.165) is 30.4 Å². The van der Waals surface area contributed by atoms with Gasteiger partial charge >= 0.3 is 0 Å². The van der Waals surface area contributed by atoms with E-state index in [9.17, 15) is 4.79 Å². The number of rotatable bonds is 1. The van der Waals surface area contributed by atoms with E-state index >= 15 is 0 Å². The van der Waals surface area contributed by atoms with Gasteiger partial charge in [0.25, 0.3) is 5.91 Å². The number of aromatic amines is 1. The van der Waals surface area contributed by atoms with Gasteiger partial charge in [0.2, 0.25) is 0 Å². The molecule has 1 aromatic carbocycles. The van der Waals surface area contributed by atoms with Crippen LogP contribution in [0.25, 0.3) is 11.0 Å². The molecule has 5 heteroatoms. The second-order valence-electron chi connectivity index (χ2n) is 4.87. The molecule has 0 radical (unpaired) electrons. The van der Waals surface area contributed by atoms with Crippen molar-refractivity contribution < 1.29 is 4.79 Å². The molecule has 18 heavy (non-hydrogen) atoms. The van der Waals surface area contributed by atoms with Gasteiger partial charge < -0.3 is 4.90 Å². The highest BCUT2D eigenvalue weighted by Crippen LogP contribution is 2.20. The molecule has 0 aliphatic carbocycles. The van der Waals surface area contributed by atoms with Gasteiger partial charge in [-0.1, -0.05) is 0 Å². The molecule has 2 heterocycles. The summed E-state index contributed by atoms with van der Waals surface area (Å²) in [6.45, 7) is 2.97. The van der Waals surface area contributed by atoms with Gasteiger partial charge in [0.1, 0.15) is 11.0 Å². The fourth-order valence-electron chi connectivity index (χ4n) is 2.54. The first-order valence-electron chi connectivity index (χ1n) is 6.37. The predicted molar refractivity (Wildman–Crippen MR) is 68.2 cm³/mol. The second kappa shape index (κ2) is 4.40. The van der Waals surface area contributed by atoms with Crippen LogP contribution in [0.15, 0.2) is 18.2 Å². The van der Waals surface area contributed by atoms with Crippen molar-refractivity contribution in [3.63, 3.8) is 0 Å². The topological polar surface area (TPSA) is 61.9 Å². The summed E-state index contributed by atoms with van der Waals surface area (Å²) in [5.41, 5.74) is 2.23. The Balaban J connectivity index is 1.90. The molecule has 94 valence electrons. The maximum Gasteiger partial charge on any atom is 0.254 e. The van der Waals surface area contributed by atoms with Gasteiger partial charge in [-0.15, -0.1) is 0 Å². The van der Waals surface area contributed by atoms with E-state index in [2.05, 4.69) is 22.3 Å². The van der Waals surface area contributed by atoms with Crippen LogP contribution in [0.5, 0.6) is 0 Å². The van der Waals surface area contributed by atoms with Crippen LogP contribution in [0, 0.1) is 0 Å². The SMILES string of the molecule is C[C@@H]1CCCCN1C(=O)c1ccc2n[nH]nc2c1. The molecule has 2 aromatic rings. The third-order valence-corrected chi connectivity index (χ3v) is 3.63. The summed E-state index contributed by atoms with van der Waals surface area (Å²) in [7, 11) is 0. The summed E-state index contributed by atoms with van der Waals surface area (Å²) in [4.78, 5) is 14.4. The van der Waals surface area contributed by atoms with Crippen molar-refractivity contribution in [2.75, 3.05) is 6.54 Å². The van der Waals surface area contributed by atoms with Crippen LogP contribution >= 0.6 is 0 Å². The molecule has 1 N–H and O–H groups in total. The Kier molecular flexibility index (Phi) is 2.74. The molecule has 0 saturated carbocycles. The van der Waals surface area contributed by atoms with Gasteiger partial charge in [0, 0.05) is 18.2 Å². The smallest absolute Gasteiger partial charge is 0.254 e. The van der Waals surface area contributed by atoms with E-state index in [-0.39, 0.29) is 5.91 Å². The number of hydrogen-bond acceptors (Lipinski definition) is 3. The number of aromatic nitrogens is 3. The maximum atomic E-state index is 12.4. The summed E-state index contributed by atoms with van der Waals surface area (Å²) in [6.07, 6.45) is 3.41. The lowest BCUT2D eigenvalue weighted by Crippen LogP contribution is -2.42. The minimum absolute atomic E-state index is 0.104. The second-order valence-corrected chi connectivity index (χ2v) is 4.87. The highest BCUT2D eigenvalue weighted by Gasteiger charge is 2.24.